The summed E-state index contributed by atoms with van der Waals surface area (Å²) in [6.07, 6.45) is 2.22. The van der Waals surface area contributed by atoms with Gasteiger partial charge in [0.25, 0.3) is 5.92 Å². The average Bonchev–Trinajstić information content (AvgIpc) is 2.33. The first kappa shape index (κ1) is 14.6. The lowest BCUT2D eigenvalue weighted by molar-refractivity contribution is -0.145. The van der Waals surface area contributed by atoms with Gasteiger partial charge in [-0.2, -0.15) is 0 Å². The first-order chi connectivity index (χ1) is 8.47. The van der Waals surface area contributed by atoms with Gasteiger partial charge in [-0.15, -0.1) is 0 Å². The molecule has 0 aromatic heterocycles. The molecular formula is C12H18F2N2O2. The van der Waals surface area contributed by atoms with E-state index in [1.165, 1.54) is 0 Å². The molecular weight excluding hydrogens is 242 g/mol. The van der Waals surface area contributed by atoms with Crippen molar-refractivity contribution in [3.63, 3.8) is 0 Å². The number of hydrogen-bond acceptors (Lipinski definition) is 2. The minimum absolute atomic E-state index is 0.144. The number of carbonyl (C=O) groups excluding carboxylic acids is 2. The molecule has 1 aliphatic rings. The summed E-state index contributed by atoms with van der Waals surface area (Å²) < 4.78 is 26.9. The van der Waals surface area contributed by atoms with Crippen LogP contribution in [-0.2, 0) is 9.59 Å². The Labute approximate surface area is 105 Å². The molecule has 1 rings (SSSR count). The smallest absolute Gasteiger partial charge is 0.259 e. The number of halogens is 2. The molecule has 0 saturated heterocycles. The van der Waals surface area contributed by atoms with Crippen molar-refractivity contribution in [2.45, 2.75) is 31.6 Å². The molecule has 18 heavy (non-hydrogen) atoms. The zero-order valence-corrected chi connectivity index (χ0v) is 10.2. The molecule has 0 spiro atoms. The van der Waals surface area contributed by atoms with Crippen molar-refractivity contribution in [1.29, 1.82) is 0 Å². The summed E-state index contributed by atoms with van der Waals surface area (Å²) in [5, 5.41) is 4.87. The SMILES string of the molecule is C=CC(=O)NCCNC(=O)C1CCCCC1(F)F. The van der Waals surface area contributed by atoms with Crippen LogP contribution in [0.4, 0.5) is 8.78 Å². The van der Waals surface area contributed by atoms with E-state index >= 15 is 0 Å². The van der Waals surface area contributed by atoms with Crippen LogP contribution in [0.1, 0.15) is 25.7 Å². The van der Waals surface area contributed by atoms with Gasteiger partial charge < -0.3 is 10.6 Å². The average molecular weight is 260 g/mol. The highest BCUT2D eigenvalue weighted by atomic mass is 19.3. The maximum Gasteiger partial charge on any atom is 0.259 e. The number of carbonyl (C=O) groups is 2. The van der Waals surface area contributed by atoms with Crippen molar-refractivity contribution in [3.8, 4) is 0 Å². The van der Waals surface area contributed by atoms with E-state index in [1.807, 2.05) is 0 Å². The Hall–Kier alpha value is -1.46. The maximum absolute atomic E-state index is 13.5. The Morgan fingerprint density at radius 1 is 1.28 bits per heavy atom. The standard InChI is InChI=1S/C12H18F2N2O2/c1-2-10(17)15-7-8-16-11(18)9-5-3-4-6-12(9,13)14/h2,9H,1,3-8H2,(H,15,17)(H,16,18). The van der Waals surface area contributed by atoms with Gasteiger partial charge in [0.2, 0.25) is 11.8 Å². The number of nitrogens with one attached hydrogen (secondary N) is 2. The molecule has 0 aliphatic heterocycles. The lowest BCUT2D eigenvalue weighted by atomic mass is 9.85. The topological polar surface area (TPSA) is 58.2 Å². The van der Waals surface area contributed by atoms with Gasteiger partial charge in [-0.05, 0) is 18.9 Å². The van der Waals surface area contributed by atoms with Crippen molar-refractivity contribution < 1.29 is 18.4 Å². The number of amides is 2. The van der Waals surface area contributed by atoms with Gasteiger partial charge in [0.15, 0.2) is 0 Å². The second-order valence-corrected chi connectivity index (χ2v) is 4.35. The predicted octanol–water partition coefficient (Wildman–Crippen LogP) is 1.23. The largest absolute Gasteiger partial charge is 0.354 e. The van der Waals surface area contributed by atoms with Gasteiger partial charge in [0.05, 0.1) is 0 Å². The van der Waals surface area contributed by atoms with Gasteiger partial charge >= 0.3 is 0 Å². The second-order valence-electron chi connectivity index (χ2n) is 4.35. The molecule has 0 radical (unpaired) electrons. The second kappa shape index (κ2) is 6.47. The number of rotatable bonds is 5. The molecule has 0 aromatic rings. The van der Waals surface area contributed by atoms with Gasteiger partial charge in [0, 0.05) is 19.5 Å². The summed E-state index contributed by atoms with van der Waals surface area (Å²) in [5.74, 6) is -5.13. The first-order valence-corrected chi connectivity index (χ1v) is 6.03. The maximum atomic E-state index is 13.5. The van der Waals surface area contributed by atoms with Gasteiger partial charge in [-0.1, -0.05) is 13.0 Å². The van der Waals surface area contributed by atoms with Crippen LogP contribution in [0.2, 0.25) is 0 Å². The van der Waals surface area contributed by atoms with Crippen LogP contribution < -0.4 is 10.6 Å². The van der Waals surface area contributed by atoms with Gasteiger partial charge in [0.1, 0.15) is 5.92 Å². The van der Waals surface area contributed by atoms with Crippen LogP contribution in [-0.4, -0.2) is 30.8 Å². The molecule has 0 heterocycles. The summed E-state index contributed by atoms with van der Waals surface area (Å²) in [5.41, 5.74) is 0. The van der Waals surface area contributed by atoms with Crippen LogP contribution in [0, 0.1) is 5.92 Å². The fourth-order valence-corrected chi connectivity index (χ4v) is 1.98. The van der Waals surface area contributed by atoms with E-state index in [0.29, 0.717) is 12.8 Å². The molecule has 2 N–H and O–H groups in total. The Bertz CT molecular complexity index is 332. The van der Waals surface area contributed by atoms with E-state index in [9.17, 15) is 18.4 Å². The Morgan fingerprint density at radius 2 is 1.94 bits per heavy atom. The van der Waals surface area contributed by atoms with Crippen LogP contribution in [0.15, 0.2) is 12.7 Å². The number of alkyl halides is 2. The summed E-state index contributed by atoms with van der Waals surface area (Å²) >= 11 is 0. The molecule has 2 amide bonds. The summed E-state index contributed by atoms with van der Waals surface area (Å²) in [6.45, 7) is 3.62. The van der Waals surface area contributed by atoms with Crippen LogP contribution in [0.3, 0.4) is 0 Å². The van der Waals surface area contributed by atoms with Crippen molar-refractivity contribution in [3.05, 3.63) is 12.7 Å². The molecule has 102 valence electrons. The van der Waals surface area contributed by atoms with Gasteiger partial charge in [-0.3, -0.25) is 9.59 Å². The van der Waals surface area contributed by atoms with Crippen molar-refractivity contribution in [2.24, 2.45) is 5.92 Å². The molecule has 6 heteroatoms. The lowest BCUT2D eigenvalue weighted by Gasteiger charge is -2.30. The molecule has 4 nitrogen and oxygen atoms in total. The predicted molar refractivity (Wildman–Crippen MR) is 63.1 cm³/mol. The van der Waals surface area contributed by atoms with Crippen LogP contribution >= 0.6 is 0 Å². The normalized spacial score (nSPS) is 22.0. The molecule has 0 bridgehead atoms. The van der Waals surface area contributed by atoms with E-state index in [-0.39, 0.29) is 31.8 Å². The summed E-state index contributed by atoms with van der Waals surface area (Å²) in [4.78, 5) is 22.4. The highest BCUT2D eigenvalue weighted by Gasteiger charge is 2.45. The quantitative estimate of drug-likeness (QED) is 0.577. The van der Waals surface area contributed by atoms with Crippen molar-refractivity contribution in [1.82, 2.24) is 10.6 Å². The summed E-state index contributed by atoms with van der Waals surface area (Å²) in [7, 11) is 0. The molecule has 1 unspecified atom stereocenters. The third-order valence-electron chi connectivity index (χ3n) is 2.99. The number of hydrogen-bond donors (Lipinski definition) is 2. The minimum atomic E-state index is -2.91. The van der Waals surface area contributed by atoms with E-state index in [4.69, 9.17) is 0 Å². The highest BCUT2D eigenvalue weighted by molar-refractivity contribution is 5.86. The zero-order valence-electron chi connectivity index (χ0n) is 10.2. The minimum Gasteiger partial charge on any atom is -0.354 e. The molecule has 1 aliphatic carbocycles. The monoisotopic (exact) mass is 260 g/mol. The van der Waals surface area contributed by atoms with E-state index < -0.39 is 17.7 Å². The third-order valence-corrected chi connectivity index (χ3v) is 2.99. The third kappa shape index (κ3) is 4.09. The van der Waals surface area contributed by atoms with Crippen molar-refractivity contribution in [2.75, 3.05) is 13.1 Å². The van der Waals surface area contributed by atoms with Crippen LogP contribution in [0.5, 0.6) is 0 Å². The van der Waals surface area contributed by atoms with Gasteiger partial charge in [-0.25, -0.2) is 8.78 Å². The Kier molecular flexibility index (Phi) is 5.25. The first-order valence-electron chi connectivity index (χ1n) is 6.03. The molecule has 0 aromatic carbocycles. The Morgan fingerprint density at radius 3 is 2.56 bits per heavy atom. The fourth-order valence-electron chi connectivity index (χ4n) is 1.98. The summed E-state index contributed by atoms with van der Waals surface area (Å²) in [6, 6.07) is 0. The van der Waals surface area contributed by atoms with E-state index in [0.717, 1.165) is 6.08 Å². The lowest BCUT2D eigenvalue weighted by Crippen LogP contribution is -2.45. The molecule has 1 saturated carbocycles. The zero-order chi connectivity index (χ0) is 13.6. The van der Waals surface area contributed by atoms with E-state index in [1.54, 1.807) is 0 Å². The highest BCUT2D eigenvalue weighted by Crippen LogP contribution is 2.38. The molecule has 1 atom stereocenters. The fraction of sp³-hybridized carbons (Fsp3) is 0.667. The Balaban J connectivity index is 2.31. The van der Waals surface area contributed by atoms with Crippen LogP contribution in [0.25, 0.3) is 0 Å². The molecule has 1 fully saturated rings. The van der Waals surface area contributed by atoms with Crippen molar-refractivity contribution >= 4 is 11.8 Å². The van der Waals surface area contributed by atoms with E-state index in [2.05, 4.69) is 17.2 Å².